The summed E-state index contributed by atoms with van der Waals surface area (Å²) in [5, 5.41) is 9.33. The minimum absolute atomic E-state index is 0.135. The van der Waals surface area contributed by atoms with Gasteiger partial charge in [-0.3, -0.25) is 9.48 Å². The van der Waals surface area contributed by atoms with Crippen molar-refractivity contribution < 1.29 is 4.79 Å². The Bertz CT molecular complexity index is 835. The highest BCUT2D eigenvalue weighted by molar-refractivity contribution is 9.10. The summed E-state index contributed by atoms with van der Waals surface area (Å²) in [7, 11) is 0. The molecular weight excluding hydrogens is 428 g/mol. The Labute approximate surface area is 181 Å². The van der Waals surface area contributed by atoms with Gasteiger partial charge >= 0.3 is 0 Å². The number of hydrogen-bond acceptors (Lipinski definition) is 3. The second-order valence-electron chi connectivity index (χ2n) is 8.97. The van der Waals surface area contributed by atoms with E-state index < -0.39 is 0 Å². The van der Waals surface area contributed by atoms with Crippen LogP contribution in [0.5, 0.6) is 0 Å². The molecule has 2 aliphatic rings. The van der Waals surface area contributed by atoms with Gasteiger partial charge in [-0.15, -0.1) is 0 Å². The van der Waals surface area contributed by atoms with Crippen molar-refractivity contribution in [3.05, 3.63) is 28.4 Å². The molecule has 2 aromatic rings. The lowest BCUT2D eigenvalue weighted by Gasteiger charge is -2.26. The number of hydrogen-bond donors (Lipinski definition) is 2. The molecule has 2 saturated carbocycles. The van der Waals surface area contributed by atoms with Gasteiger partial charge in [-0.1, -0.05) is 35.2 Å². The van der Waals surface area contributed by atoms with Crippen molar-refractivity contribution >= 4 is 32.7 Å². The zero-order valence-electron chi connectivity index (χ0n) is 17.2. The number of nitrogens with two attached hydrogens (primary N) is 1. The van der Waals surface area contributed by atoms with Crippen LogP contribution in [0.3, 0.4) is 0 Å². The standard InChI is InChI=1S/C23H33BrN4O/c24-17-6-12-22-20(14-17)21(27-28(22)15-16-4-2-1-3-5-16)11-13-23(29)26-19-9-7-18(25)8-10-19/h6,12,14,16,18-19H,1-5,7-11,13,15,25H2,(H,26,29)/t18-,19-. The Kier molecular flexibility index (Phi) is 6.91. The number of aryl methyl sites for hydroxylation is 1. The van der Waals surface area contributed by atoms with E-state index >= 15 is 0 Å². The molecule has 0 aliphatic heterocycles. The highest BCUT2D eigenvalue weighted by atomic mass is 79.9. The molecule has 158 valence electrons. The summed E-state index contributed by atoms with van der Waals surface area (Å²) in [5.74, 6) is 0.861. The molecule has 6 heteroatoms. The van der Waals surface area contributed by atoms with Crippen molar-refractivity contribution in [2.24, 2.45) is 11.7 Å². The van der Waals surface area contributed by atoms with Crippen LogP contribution in [0.1, 0.15) is 69.9 Å². The van der Waals surface area contributed by atoms with E-state index in [1.807, 2.05) is 0 Å². The maximum absolute atomic E-state index is 12.5. The Morgan fingerprint density at radius 2 is 1.90 bits per heavy atom. The SMILES string of the molecule is N[C@H]1CC[C@H](NC(=O)CCc2nn(CC3CCCCC3)c3ccc(Br)cc23)CC1. The molecule has 5 nitrogen and oxygen atoms in total. The number of halogens is 1. The average Bonchev–Trinajstić information content (AvgIpc) is 3.05. The van der Waals surface area contributed by atoms with Crippen LogP contribution in [0.25, 0.3) is 10.9 Å². The van der Waals surface area contributed by atoms with E-state index in [9.17, 15) is 4.79 Å². The lowest BCUT2D eigenvalue weighted by molar-refractivity contribution is -0.122. The molecule has 0 spiro atoms. The minimum atomic E-state index is 0.135. The Hall–Kier alpha value is -1.40. The molecular formula is C23H33BrN4O. The van der Waals surface area contributed by atoms with Crippen LogP contribution in [0.2, 0.25) is 0 Å². The van der Waals surface area contributed by atoms with Crippen molar-refractivity contribution in [2.45, 2.75) is 89.3 Å². The fourth-order valence-electron chi connectivity index (χ4n) is 4.95. The Morgan fingerprint density at radius 3 is 2.66 bits per heavy atom. The number of aromatic nitrogens is 2. The third kappa shape index (κ3) is 5.40. The van der Waals surface area contributed by atoms with E-state index in [1.165, 1.54) is 43.0 Å². The van der Waals surface area contributed by atoms with Crippen LogP contribution in [-0.2, 0) is 17.8 Å². The summed E-state index contributed by atoms with van der Waals surface area (Å²) >= 11 is 3.60. The molecule has 29 heavy (non-hydrogen) atoms. The summed E-state index contributed by atoms with van der Waals surface area (Å²) in [6, 6.07) is 6.99. The molecule has 0 atom stereocenters. The molecule has 0 unspecified atom stereocenters. The minimum Gasteiger partial charge on any atom is -0.353 e. The first-order valence-electron chi connectivity index (χ1n) is 11.3. The Balaban J connectivity index is 1.42. The van der Waals surface area contributed by atoms with Gasteiger partial charge in [0.05, 0.1) is 11.2 Å². The second kappa shape index (κ2) is 9.61. The third-order valence-electron chi connectivity index (χ3n) is 6.67. The number of carbonyl (C=O) groups excluding carboxylic acids is 1. The van der Waals surface area contributed by atoms with Gasteiger partial charge in [-0.2, -0.15) is 5.10 Å². The third-order valence-corrected chi connectivity index (χ3v) is 7.16. The van der Waals surface area contributed by atoms with Gasteiger partial charge < -0.3 is 11.1 Å². The van der Waals surface area contributed by atoms with Gasteiger partial charge in [0.15, 0.2) is 0 Å². The predicted molar refractivity (Wildman–Crippen MR) is 121 cm³/mol. The van der Waals surface area contributed by atoms with Gasteiger partial charge in [0, 0.05) is 41.3 Å². The van der Waals surface area contributed by atoms with Crippen LogP contribution in [-0.4, -0.2) is 27.8 Å². The maximum Gasteiger partial charge on any atom is 0.220 e. The molecule has 1 amide bonds. The van der Waals surface area contributed by atoms with E-state index in [1.54, 1.807) is 0 Å². The zero-order chi connectivity index (χ0) is 20.2. The summed E-state index contributed by atoms with van der Waals surface area (Å²) < 4.78 is 3.25. The summed E-state index contributed by atoms with van der Waals surface area (Å²) in [6.45, 7) is 0.993. The predicted octanol–water partition coefficient (Wildman–Crippen LogP) is 4.70. The van der Waals surface area contributed by atoms with Crippen molar-refractivity contribution in [2.75, 3.05) is 0 Å². The molecule has 0 bridgehead atoms. The molecule has 0 saturated heterocycles. The number of nitrogens with zero attached hydrogens (tertiary/aromatic N) is 2. The highest BCUT2D eigenvalue weighted by Crippen LogP contribution is 2.29. The van der Waals surface area contributed by atoms with E-state index in [-0.39, 0.29) is 11.9 Å². The van der Waals surface area contributed by atoms with Gasteiger partial charge in [0.2, 0.25) is 5.91 Å². The van der Waals surface area contributed by atoms with E-state index in [0.29, 0.717) is 18.9 Å². The molecule has 2 fully saturated rings. The normalized spacial score (nSPS) is 23.4. The largest absolute Gasteiger partial charge is 0.353 e. The average molecular weight is 461 g/mol. The molecule has 3 N–H and O–H groups in total. The lowest BCUT2D eigenvalue weighted by Crippen LogP contribution is -2.40. The number of benzene rings is 1. The van der Waals surface area contributed by atoms with Gasteiger partial charge in [0.25, 0.3) is 0 Å². The first-order chi connectivity index (χ1) is 14.1. The quantitative estimate of drug-likeness (QED) is 0.655. The number of rotatable bonds is 6. The first kappa shape index (κ1) is 20.9. The lowest BCUT2D eigenvalue weighted by atomic mass is 9.89. The molecule has 1 heterocycles. The Morgan fingerprint density at radius 1 is 1.14 bits per heavy atom. The van der Waals surface area contributed by atoms with Gasteiger partial charge in [-0.25, -0.2) is 0 Å². The number of carbonyl (C=O) groups is 1. The molecule has 0 radical (unpaired) electrons. The van der Waals surface area contributed by atoms with E-state index in [2.05, 4.69) is 44.1 Å². The van der Waals surface area contributed by atoms with E-state index in [4.69, 9.17) is 10.8 Å². The second-order valence-corrected chi connectivity index (χ2v) is 9.89. The van der Waals surface area contributed by atoms with Gasteiger partial charge in [0.1, 0.15) is 0 Å². The fraction of sp³-hybridized carbons (Fsp3) is 0.652. The summed E-state index contributed by atoms with van der Waals surface area (Å²) in [6.07, 6.45) is 11.9. The van der Waals surface area contributed by atoms with Crippen molar-refractivity contribution in [3.63, 3.8) is 0 Å². The summed E-state index contributed by atoms with van der Waals surface area (Å²) in [5.41, 5.74) is 8.20. The molecule has 2 aliphatic carbocycles. The zero-order valence-corrected chi connectivity index (χ0v) is 18.8. The molecule has 1 aromatic carbocycles. The number of amides is 1. The van der Waals surface area contributed by atoms with Crippen LogP contribution in [0, 0.1) is 5.92 Å². The van der Waals surface area contributed by atoms with Crippen molar-refractivity contribution in [1.29, 1.82) is 0 Å². The first-order valence-corrected chi connectivity index (χ1v) is 12.1. The smallest absolute Gasteiger partial charge is 0.220 e. The van der Waals surface area contributed by atoms with Gasteiger partial charge in [-0.05, 0) is 62.6 Å². The van der Waals surface area contributed by atoms with Crippen LogP contribution >= 0.6 is 15.9 Å². The number of nitrogens with one attached hydrogen (secondary N) is 1. The van der Waals surface area contributed by atoms with E-state index in [0.717, 1.165) is 48.3 Å². The van der Waals surface area contributed by atoms with Crippen LogP contribution in [0.15, 0.2) is 22.7 Å². The fourth-order valence-corrected chi connectivity index (χ4v) is 5.31. The topological polar surface area (TPSA) is 72.9 Å². The van der Waals surface area contributed by atoms with Crippen LogP contribution < -0.4 is 11.1 Å². The monoisotopic (exact) mass is 460 g/mol. The molecule has 1 aromatic heterocycles. The van der Waals surface area contributed by atoms with Crippen LogP contribution in [0.4, 0.5) is 0 Å². The van der Waals surface area contributed by atoms with Crippen molar-refractivity contribution in [3.8, 4) is 0 Å². The maximum atomic E-state index is 12.5. The number of fused-ring (bicyclic) bond motifs is 1. The summed E-state index contributed by atoms with van der Waals surface area (Å²) in [4.78, 5) is 12.5. The highest BCUT2D eigenvalue weighted by Gasteiger charge is 2.21. The van der Waals surface area contributed by atoms with Crippen molar-refractivity contribution in [1.82, 2.24) is 15.1 Å². The molecule has 4 rings (SSSR count).